The van der Waals surface area contributed by atoms with Gasteiger partial charge in [-0.2, -0.15) is 0 Å². The molecule has 0 bridgehead atoms. The Morgan fingerprint density at radius 3 is 2.50 bits per heavy atom. The lowest BCUT2D eigenvalue weighted by Gasteiger charge is -2.03. The van der Waals surface area contributed by atoms with Crippen LogP contribution in [-0.2, 0) is 0 Å². The second-order valence-electron chi connectivity index (χ2n) is 3.86. The van der Waals surface area contributed by atoms with Crippen LogP contribution in [0.2, 0.25) is 0 Å². The molecule has 0 amide bonds. The topological polar surface area (TPSA) is 0 Å². The highest BCUT2D eigenvalue weighted by atomic mass is 32.2. The third-order valence-corrected chi connectivity index (χ3v) is 3.03. The fourth-order valence-electron chi connectivity index (χ4n) is 1.33. The lowest BCUT2D eigenvalue weighted by atomic mass is 10.1. The number of hydrogen-bond donors (Lipinski definition) is 0. The van der Waals surface area contributed by atoms with Gasteiger partial charge in [0, 0.05) is 10.6 Å². The molecule has 0 N–H and O–H groups in total. The summed E-state index contributed by atoms with van der Waals surface area (Å²) < 4.78 is 0. The first-order chi connectivity index (χ1) is 6.68. The number of benzene rings is 1. The lowest BCUT2D eigenvalue weighted by molar-refractivity contribution is 0.822. The molecule has 0 atom stereocenters. The maximum atomic E-state index is 2.33. The smallest absolute Gasteiger partial charge is 0.0188 e. The minimum absolute atomic E-state index is 0.659. The van der Waals surface area contributed by atoms with Gasteiger partial charge in [-0.05, 0) is 25.0 Å². The van der Waals surface area contributed by atoms with Gasteiger partial charge in [0.1, 0.15) is 0 Å². The van der Waals surface area contributed by atoms with Crippen molar-refractivity contribution in [2.45, 2.75) is 25.7 Å². The molecule has 0 saturated heterocycles. The predicted octanol–water partition coefficient (Wildman–Crippen LogP) is 4.38. The van der Waals surface area contributed by atoms with Crippen molar-refractivity contribution in [2.75, 3.05) is 5.75 Å². The number of rotatable bonds is 4. The van der Waals surface area contributed by atoms with Gasteiger partial charge in [-0.1, -0.05) is 43.7 Å². The highest BCUT2D eigenvalue weighted by Crippen LogP contribution is 2.20. The Kier molecular flexibility index (Phi) is 4.81. The van der Waals surface area contributed by atoms with E-state index in [1.54, 1.807) is 0 Å². The molecule has 76 valence electrons. The summed E-state index contributed by atoms with van der Waals surface area (Å²) in [5.41, 5.74) is 1.47. The van der Waals surface area contributed by atoms with Gasteiger partial charge in [0.2, 0.25) is 0 Å². The average Bonchev–Trinajstić information content (AvgIpc) is 2.15. The van der Waals surface area contributed by atoms with Gasteiger partial charge in [0.05, 0.1) is 0 Å². The van der Waals surface area contributed by atoms with Crippen molar-refractivity contribution in [3.63, 3.8) is 0 Å². The molecule has 14 heavy (non-hydrogen) atoms. The molecule has 0 aliphatic carbocycles. The molecule has 0 radical (unpaired) electrons. The maximum absolute atomic E-state index is 2.33. The fraction of sp³-hybridized carbons (Fsp3) is 0.385. The zero-order valence-corrected chi connectivity index (χ0v) is 9.97. The molecule has 0 unspecified atom stereocenters. The SMILES string of the molecule is C/C(=C\C(C)C)CSc1ccccc1. The molecule has 1 heteroatoms. The fourth-order valence-corrected chi connectivity index (χ4v) is 2.17. The van der Waals surface area contributed by atoms with E-state index in [0.29, 0.717) is 5.92 Å². The summed E-state index contributed by atoms with van der Waals surface area (Å²) in [6, 6.07) is 10.6. The van der Waals surface area contributed by atoms with Gasteiger partial charge in [0.25, 0.3) is 0 Å². The van der Waals surface area contributed by atoms with E-state index in [9.17, 15) is 0 Å². The zero-order valence-electron chi connectivity index (χ0n) is 9.16. The molecule has 0 aliphatic heterocycles. The molecule has 1 aromatic carbocycles. The lowest BCUT2D eigenvalue weighted by Crippen LogP contribution is -1.86. The van der Waals surface area contributed by atoms with E-state index < -0.39 is 0 Å². The largest absolute Gasteiger partial charge is 0.122 e. The van der Waals surface area contributed by atoms with Gasteiger partial charge in [-0.15, -0.1) is 11.8 Å². The molecule has 0 nitrogen and oxygen atoms in total. The standard InChI is InChI=1S/C13H18S/c1-11(2)9-12(3)10-14-13-7-5-4-6-8-13/h4-9,11H,10H2,1-3H3/b12-9+. The predicted molar refractivity (Wildman–Crippen MR) is 65.8 cm³/mol. The van der Waals surface area contributed by atoms with Gasteiger partial charge < -0.3 is 0 Å². The first kappa shape index (κ1) is 11.4. The Labute approximate surface area is 91.4 Å². The quantitative estimate of drug-likeness (QED) is 0.520. The van der Waals surface area contributed by atoms with Crippen LogP contribution in [0.4, 0.5) is 0 Å². The van der Waals surface area contributed by atoms with Gasteiger partial charge in [0.15, 0.2) is 0 Å². The molecule has 0 aromatic heterocycles. The molecule has 0 saturated carbocycles. The second kappa shape index (κ2) is 5.92. The van der Waals surface area contributed by atoms with Crippen LogP contribution in [0, 0.1) is 5.92 Å². The minimum Gasteiger partial charge on any atom is -0.122 e. The normalized spacial score (nSPS) is 12.1. The van der Waals surface area contributed by atoms with Gasteiger partial charge in [-0.25, -0.2) is 0 Å². The second-order valence-corrected chi connectivity index (χ2v) is 4.91. The Bertz CT molecular complexity index is 285. The van der Waals surface area contributed by atoms with E-state index in [0.717, 1.165) is 5.75 Å². The minimum atomic E-state index is 0.659. The van der Waals surface area contributed by atoms with Crippen molar-refractivity contribution >= 4 is 11.8 Å². The van der Waals surface area contributed by atoms with Crippen LogP contribution in [0.25, 0.3) is 0 Å². The molecule has 0 aliphatic rings. The Morgan fingerprint density at radius 1 is 1.29 bits per heavy atom. The van der Waals surface area contributed by atoms with Crippen molar-refractivity contribution in [2.24, 2.45) is 5.92 Å². The third-order valence-electron chi connectivity index (χ3n) is 1.83. The highest BCUT2D eigenvalue weighted by molar-refractivity contribution is 7.99. The molecular weight excluding hydrogens is 188 g/mol. The Balaban J connectivity index is 2.42. The van der Waals surface area contributed by atoms with E-state index in [1.807, 2.05) is 11.8 Å². The van der Waals surface area contributed by atoms with Crippen LogP contribution < -0.4 is 0 Å². The third kappa shape index (κ3) is 4.52. The van der Waals surface area contributed by atoms with Crippen molar-refractivity contribution in [3.05, 3.63) is 42.0 Å². The van der Waals surface area contributed by atoms with Crippen LogP contribution in [0.3, 0.4) is 0 Å². The van der Waals surface area contributed by atoms with Crippen LogP contribution in [-0.4, -0.2) is 5.75 Å². The van der Waals surface area contributed by atoms with Crippen LogP contribution in [0.5, 0.6) is 0 Å². The van der Waals surface area contributed by atoms with Crippen molar-refractivity contribution < 1.29 is 0 Å². The summed E-state index contributed by atoms with van der Waals surface area (Å²) >= 11 is 1.90. The van der Waals surface area contributed by atoms with E-state index in [-0.39, 0.29) is 0 Å². The first-order valence-corrected chi connectivity index (χ1v) is 6.02. The monoisotopic (exact) mass is 206 g/mol. The van der Waals surface area contributed by atoms with E-state index in [1.165, 1.54) is 10.5 Å². The van der Waals surface area contributed by atoms with E-state index >= 15 is 0 Å². The molecule has 1 aromatic rings. The van der Waals surface area contributed by atoms with Crippen LogP contribution in [0.15, 0.2) is 46.9 Å². The molecule has 0 spiro atoms. The summed E-state index contributed by atoms with van der Waals surface area (Å²) in [4.78, 5) is 1.35. The summed E-state index contributed by atoms with van der Waals surface area (Å²) in [5.74, 6) is 1.76. The molecule has 0 heterocycles. The first-order valence-electron chi connectivity index (χ1n) is 5.03. The zero-order chi connectivity index (χ0) is 10.4. The Morgan fingerprint density at radius 2 is 1.93 bits per heavy atom. The summed E-state index contributed by atoms with van der Waals surface area (Å²) in [5, 5.41) is 0. The average molecular weight is 206 g/mol. The van der Waals surface area contributed by atoms with Crippen LogP contribution >= 0.6 is 11.8 Å². The maximum Gasteiger partial charge on any atom is 0.0188 e. The summed E-state index contributed by atoms with van der Waals surface area (Å²) in [6.45, 7) is 6.64. The summed E-state index contributed by atoms with van der Waals surface area (Å²) in [6.07, 6.45) is 2.33. The van der Waals surface area contributed by atoms with Crippen molar-refractivity contribution in [1.29, 1.82) is 0 Å². The van der Waals surface area contributed by atoms with Gasteiger partial charge >= 0.3 is 0 Å². The molecule has 0 fully saturated rings. The Hall–Kier alpha value is -0.690. The number of hydrogen-bond acceptors (Lipinski definition) is 1. The summed E-state index contributed by atoms with van der Waals surface area (Å²) in [7, 11) is 0. The van der Waals surface area contributed by atoms with Gasteiger partial charge in [-0.3, -0.25) is 0 Å². The number of allylic oxidation sites excluding steroid dienone is 1. The highest BCUT2D eigenvalue weighted by Gasteiger charge is 1.95. The van der Waals surface area contributed by atoms with Crippen molar-refractivity contribution in [3.8, 4) is 0 Å². The molecule has 1 rings (SSSR count). The van der Waals surface area contributed by atoms with Crippen molar-refractivity contribution in [1.82, 2.24) is 0 Å². The van der Waals surface area contributed by atoms with Crippen LogP contribution in [0.1, 0.15) is 20.8 Å². The van der Waals surface area contributed by atoms with E-state index in [4.69, 9.17) is 0 Å². The molecular formula is C13H18S. The number of thioether (sulfide) groups is 1. The van der Waals surface area contributed by atoms with E-state index in [2.05, 4.69) is 57.2 Å².